The Morgan fingerprint density at radius 2 is 1.82 bits per heavy atom. The molecule has 0 aliphatic rings. The molecule has 0 amide bonds. The smallest absolute Gasteiger partial charge is 0.419 e. The summed E-state index contributed by atoms with van der Waals surface area (Å²) in [6.07, 6.45) is -0.531. The van der Waals surface area contributed by atoms with Gasteiger partial charge >= 0.3 is 6.09 Å². The number of alkyl halides is 2. The molecule has 3 nitrogen and oxygen atoms in total. The molecule has 6 heteroatoms. The van der Waals surface area contributed by atoms with Crippen LogP contribution in [0.3, 0.4) is 0 Å². The summed E-state index contributed by atoms with van der Waals surface area (Å²) in [7, 11) is 0. The normalized spacial score (nSPS) is 12.7. The number of rotatable bonds is 1. The van der Waals surface area contributed by atoms with Crippen molar-refractivity contribution >= 4 is 32.9 Å². The first-order valence-electron chi connectivity index (χ1n) is 6.84. The van der Waals surface area contributed by atoms with Gasteiger partial charge in [-0.15, -0.1) is 0 Å². The second kappa shape index (κ2) is 5.33. The number of fused-ring (bicyclic) bond motifs is 1. The maximum atomic E-state index is 13.5. The number of carbonyl (C=O) groups excluding carboxylic acids is 1. The van der Waals surface area contributed by atoms with E-state index in [0.29, 0.717) is 21.1 Å². The molecule has 0 aliphatic carbocycles. The van der Waals surface area contributed by atoms with Crippen molar-refractivity contribution in [1.82, 2.24) is 4.57 Å². The summed E-state index contributed by atoms with van der Waals surface area (Å²) >= 11 is 3.38. The molecule has 0 radical (unpaired) electrons. The summed E-state index contributed by atoms with van der Waals surface area (Å²) < 4.78 is 34.4. The highest BCUT2D eigenvalue weighted by atomic mass is 79.9. The molecule has 0 unspecified atom stereocenters. The highest BCUT2D eigenvalue weighted by Gasteiger charge is 2.27. The molecule has 2 aromatic rings. The lowest BCUT2D eigenvalue weighted by atomic mass is 10.1. The van der Waals surface area contributed by atoms with Gasteiger partial charge in [-0.3, -0.25) is 0 Å². The predicted molar refractivity (Wildman–Crippen MR) is 85.6 cm³/mol. The number of carbonyl (C=O) groups is 1. The summed E-state index contributed by atoms with van der Waals surface area (Å²) in [4.78, 5) is 12.4. The molecule has 0 spiro atoms. The van der Waals surface area contributed by atoms with E-state index in [-0.39, 0.29) is 5.56 Å². The summed E-state index contributed by atoms with van der Waals surface area (Å²) in [5, 5.41) is 0.558. The second-order valence-corrected chi connectivity index (χ2v) is 7.13. The van der Waals surface area contributed by atoms with Gasteiger partial charge in [0, 0.05) is 28.0 Å². The fourth-order valence-corrected chi connectivity index (χ4v) is 2.69. The first-order valence-corrected chi connectivity index (χ1v) is 7.63. The molecule has 120 valence electrons. The summed E-state index contributed by atoms with van der Waals surface area (Å²) in [5.74, 6) is -2.93. The number of hydrogen-bond donors (Lipinski definition) is 0. The zero-order chi connectivity index (χ0) is 16.9. The van der Waals surface area contributed by atoms with Gasteiger partial charge in [-0.05, 0) is 55.8 Å². The number of benzene rings is 1. The molecule has 0 bridgehead atoms. The molecule has 0 saturated carbocycles. The molecule has 22 heavy (non-hydrogen) atoms. The highest BCUT2D eigenvalue weighted by molar-refractivity contribution is 9.10. The predicted octanol–water partition coefficient (Wildman–Crippen LogP) is 5.61. The lowest BCUT2D eigenvalue weighted by molar-refractivity contribution is 0.0176. The van der Waals surface area contributed by atoms with Crippen molar-refractivity contribution in [1.29, 1.82) is 0 Å². The third-order valence-electron chi connectivity index (χ3n) is 3.21. The van der Waals surface area contributed by atoms with Gasteiger partial charge in [0.25, 0.3) is 5.92 Å². The van der Waals surface area contributed by atoms with E-state index in [0.717, 1.165) is 6.92 Å². The Kier molecular flexibility index (Phi) is 4.11. The van der Waals surface area contributed by atoms with E-state index in [9.17, 15) is 13.6 Å². The number of hydrogen-bond acceptors (Lipinski definition) is 2. The minimum absolute atomic E-state index is 0.0953. The van der Waals surface area contributed by atoms with Crippen LogP contribution in [0.2, 0.25) is 0 Å². The van der Waals surface area contributed by atoms with E-state index in [1.807, 2.05) is 0 Å². The molecule has 0 saturated heterocycles. The number of halogens is 3. The van der Waals surface area contributed by atoms with Crippen LogP contribution in [0.25, 0.3) is 10.9 Å². The van der Waals surface area contributed by atoms with Crippen LogP contribution < -0.4 is 0 Å². The molecule has 1 aromatic carbocycles. The van der Waals surface area contributed by atoms with Gasteiger partial charge in [-0.2, -0.15) is 0 Å². The molecule has 0 atom stereocenters. The third kappa shape index (κ3) is 3.16. The Balaban J connectivity index is 2.62. The number of nitrogens with zero attached hydrogens (tertiary/aromatic N) is 1. The van der Waals surface area contributed by atoms with Crippen LogP contribution >= 0.6 is 15.9 Å². The van der Waals surface area contributed by atoms with Crippen LogP contribution in [0.15, 0.2) is 22.7 Å². The lowest BCUT2D eigenvalue weighted by Gasteiger charge is -2.20. The van der Waals surface area contributed by atoms with Crippen LogP contribution in [-0.2, 0) is 10.7 Å². The van der Waals surface area contributed by atoms with E-state index >= 15 is 0 Å². The van der Waals surface area contributed by atoms with Crippen LogP contribution in [0.1, 0.15) is 39.0 Å². The molecular weight excluding hydrogens is 356 g/mol. The summed E-state index contributed by atoms with van der Waals surface area (Å²) in [6, 6.07) is 4.24. The Bertz CT molecular complexity index is 739. The monoisotopic (exact) mass is 373 g/mol. The Labute approximate surface area is 136 Å². The largest absolute Gasteiger partial charge is 0.443 e. The van der Waals surface area contributed by atoms with Gasteiger partial charge in [-0.1, -0.05) is 6.07 Å². The van der Waals surface area contributed by atoms with E-state index in [1.165, 1.54) is 22.8 Å². The number of ether oxygens (including phenoxy) is 1. The second-order valence-electron chi connectivity index (χ2n) is 6.34. The van der Waals surface area contributed by atoms with Crippen molar-refractivity contribution in [3.63, 3.8) is 0 Å². The molecule has 0 aliphatic heterocycles. The van der Waals surface area contributed by atoms with Gasteiger partial charge in [0.2, 0.25) is 0 Å². The number of aromatic nitrogens is 1. The fourth-order valence-electron chi connectivity index (χ4n) is 2.20. The molecule has 1 heterocycles. The summed E-state index contributed by atoms with van der Waals surface area (Å²) in [6.45, 7) is 7.90. The van der Waals surface area contributed by atoms with Gasteiger partial charge in [0.15, 0.2) is 0 Å². The maximum absolute atomic E-state index is 13.5. The van der Waals surface area contributed by atoms with Crippen molar-refractivity contribution in [2.75, 3.05) is 0 Å². The van der Waals surface area contributed by atoms with Crippen molar-refractivity contribution in [2.24, 2.45) is 0 Å². The maximum Gasteiger partial charge on any atom is 0.419 e. The van der Waals surface area contributed by atoms with Crippen LogP contribution in [-0.4, -0.2) is 16.3 Å². The van der Waals surface area contributed by atoms with Gasteiger partial charge in [-0.25, -0.2) is 18.1 Å². The molecule has 0 fully saturated rings. The van der Waals surface area contributed by atoms with Gasteiger partial charge < -0.3 is 4.74 Å². The van der Waals surface area contributed by atoms with E-state index in [4.69, 9.17) is 4.74 Å². The SMILES string of the molecule is Cc1c(Br)c2cc(C(C)(F)F)ccc2n1C(=O)OC(C)(C)C. The van der Waals surface area contributed by atoms with Crippen molar-refractivity contribution in [2.45, 2.75) is 46.1 Å². The minimum Gasteiger partial charge on any atom is -0.443 e. The van der Waals surface area contributed by atoms with Gasteiger partial charge in [0.1, 0.15) is 5.60 Å². The topological polar surface area (TPSA) is 31.2 Å². The average Bonchev–Trinajstić information content (AvgIpc) is 2.58. The minimum atomic E-state index is -2.93. The fraction of sp³-hybridized carbons (Fsp3) is 0.438. The highest BCUT2D eigenvalue weighted by Crippen LogP contribution is 2.35. The Morgan fingerprint density at radius 1 is 1.23 bits per heavy atom. The standard InChI is InChI=1S/C16H18BrF2NO2/c1-9-13(17)11-8-10(16(5,18)19)6-7-12(11)20(9)14(21)22-15(2,3)4/h6-8H,1-5H3. The molecular formula is C16H18BrF2NO2. The van der Waals surface area contributed by atoms with E-state index in [2.05, 4.69) is 15.9 Å². The molecule has 2 rings (SSSR count). The first kappa shape index (κ1) is 16.9. The quantitative estimate of drug-likeness (QED) is 0.650. The van der Waals surface area contributed by atoms with Crippen LogP contribution in [0.5, 0.6) is 0 Å². The molecule has 0 N–H and O–H groups in total. The lowest BCUT2D eigenvalue weighted by Crippen LogP contribution is -2.27. The zero-order valence-electron chi connectivity index (χ0n) is 13.1. The van der Waals surface area contributed by atoms with Crippen molar-refractivity contribution in [3.05, 3.63) is 33.9 Å². The third-order valence-corrected chi connectivity index (χ3v) is 4.21. The van der Waals surface area contributed by atoms with Crippen molar-refractivity contribution in [3.8, 4) is 0 Å². The van der Waals surface area contributed by atoms with Crippen molar-refractivity contribution < 1.29 is 18.3 Å². The van der Waals surface area contributed by atoms with E-state index in [1.54, 1.807) is 27.7 Å². The zero-order valence-corrected chi connectivity index (χ0v) is 14.7. The van der Waals surface area contributed by atoms with Gasteiger partial charge in [0.05, 0.1) is 5.52 Å². The Morgan fingerprint density at radius 3 is 2.32 bits per heavy atom. The Hall–Kier alpha value is -1.43. The first-order chi connectivity index (χ1) is 9.92. The average molecular weight is 374 g/mol. The summed E-state index contributed by atoms with van der Waals surface area (Å²) in [5.41, 5.74) is 0.415. The van der Waals surface area contributed by atoms with E-state index < -0.39 is 17.6 Å². The van der Waals surface area contributed by atoms with Crippen LogP contribution in [0.4, 0.5) is 13.6 Å². The molecule has 1 aromatic heterocycles. The van der Waals surface area contributed by atoms with Crippen LogP contribution in [0, 0.1) is 6.92 Å².